The number of allylic oxidation sites excluding steroid dienone is 1. The Balaban J connectivity index is 2.29. The third-order valence-electron chi connectivity index (χ3n) is 2.74. The van der Waals surface area contributed by atoms with Crippen LogP contribution in [0.2, 0.25) is 0 Å². The van der Waals surface area contributed by atoms with E-state index in [1.165, 1.54) is 0 Å². The lowest BCUT2D eigenvalue weighted by atomic mass is 10.0. The van der Waals surface area contributed by atoms with Gasteiger partial charge in [-0.15, -0.1) is 0 Å². The number of nitrogens with zero attached hydrogens (tertiary/aromatic N) is 2. The highest BCUT2D eigenvalue weighted by Gasteiger charge is 2.18. The van der Waals surface area contributed by atoms with E-state index in [2.05, 4.69) is 16.3 Å². The first kappa shape index (κ1) is 11.1. The summed E-state index contributed by atoms with van der Waals surface area (Å²) in [5.74, 6) is 0.863. The van der Waals surface area contributed by atoms with Crippen molar-refractivity contribution in [2.45, 2.75) is 32.7 Å². The smallest absolute Gasteiger partial charge is 0.113 e. The van der Waals surface area contributed by atoms with Crippen molar-refractivity contribution in [3.8, 4) is 0 Å². The zero-order valence-corrected chi connectivity index (χ0v) is 9.73. The Morgan fingerprint density at radius 1 is 1.38 bits per heavy atom. The monoisotopic (exact) mass is 219 g/mol. The Bertz CT molecular complexity index is 415. The molecule has 0 saturated carbocycles. The van der Waals surface area contributed by atoms with Gasteiger partial charge < -0.3 is 10.5 Å². The van der Waals surface area contributed by atoms with Gasteiger partial charge in [0.15, 0.2) is 0 Å². The lowest BCUT2D eigenvalue weighted by Crippen LogP contribution is -2.19. The fourth-order valence-electron chi connectivity index (χ4n) is 1.83. The highest BCUT2D eigenvalue weighted by molar-refractivity contribution is 5.29. The number of nitrogens with two attached hydrogens (primary N) is 1. The van der Waals surface area contributed by atoms with Crippen LogP contribution in [0.4, 0.5) is 0 Å². The van der Waals surface area contributed by atoms with Gasteiger partial charge in [0.25, 0.3) is 0 Å². The molecule has 2 heterocycles. The Morgan fingerprint density at radius 2 is 2.19 bits per heavy atom. The molecule has 0 bridgehead atoms. The number of hydrogen-bond acceptors (Lipinski definition) is 4. The van der Waals surface area contributed by atoms with Gasteiger partial charge in [0.1, 0.15) is 5.76 Å². The van der Waals surface area contributed by atoms with Crippen LogP contribution in [0.3, 0.4) is 0 Å². The molecule has 0 aliphatic carbocycles. The standard InChI is InChI=1S/C12H17N3O/c1-8-7-10(9(2)15-14-8)12(13)11-5-3-4-6-16-11/h5,7,12H,3-4,6,13H2,1-2H3. The van der Waals surface area contributed by atoms with Crippen LogP contribution < -0.4 is 5.73 Å². The van der Waals surface area contributed by atoms with E-state index in [9.17, 15) is 0 Å². The van der Waals surface area contributed by atoms with Gasteiger partial charge in [0.2, 0.25) is 0 Å². The molecule has 0 radical (unpaired) electrons. The first-order valence-corrected chi connectivity index (χ1v) is 5.57. The summed E-state index contributed by atoms with van der Waals surface area (Å²) in [6, 6.07) is 1.76. The maximum Gasteiger partial charge on any atom is 0.113 e. The molecule has 0 amide bonds. The predicted molar refractivity (Wildman–Crippen MR) is 61.7 cm³/mol. The third kappa shape index (κ3) is 2.22. The van der Waals surface area contributed by atoms with Gasteiger partial charge in [-0.25, -0.2) is 0 Å². The Hall–Kier alpha value is -1.42. The van der Waals surface area contributed by atoms with Crippen LogP contribution in [-0.2, 0) is 4.74 Å². The first-order chi connectivity index (χ1) is 7.68. The van der Waals surface area contributed by atoms with Gasteiger partial charge in [-0.2, -0.15) is 10.2 Å². The van der Waals surface area contributed by atoms with Crippen LogP contribution in [0.25, 0.3) is 0 Å². The van der Waals surface area contributed by atoms with Crippen LogP contribution in [-0.4, -0.2) is 16.8 Å². The van der Waals surface area contributed by atoms with Gasteiger partial charge in [-0.3, -0.25) is 0 Å². The van der Waals surface area contributed by atoms with Crippen LogP contribution in [0.5, 0.6) is 0 Å². The molecule has 86 valence electrons. The molecular weight excluding hydrogens is 202 g/mol. The summed E-state index contributed by atoms with van der Waals surface area (Å²) < 4.78 is 5.58. The van der Waals surface area contributed by atoms with Crippen LogP contribution >= 0.6 is 0 Å². The van der Waals surface area contributed by atoms with Crippen molar-refractivity contribution >= 4 is 0 Å². The van der Waals surface area contributed by atoms with Crippen molar-refractivity contribution < 1.29 is 4.74 Å². The quantitative estimate of drug-likeness (QED) is 0.823. The molecule has 1 atom stereocenters. The normalized spacial score (nSPS) is 17.6. The van der Waals surface area contributed by atoms with Crippen LogP contribution in [0.15, 0.2) is 17.9 Å². The molecule has 0 saturated heterocycles. The lowest BCUT2D eigenvalue weighted by molar-refractivity contribution is 0.175. The van der Waals surface area contributed by atoms with E-state index in [0.29, 0.717) is 0 Å². The highest BCUT2D eigenvalue weighted by atomic mass is 16.5. The van der Waals surface area contributed by atoms with Crippen molar-refractivity contribution in [3.63, 3.8) is 0 Å². The van der Waals surface area contributed by atoms with Crippen molar-refractivity contribution in [2.75, 3.05) is 6.61 Å². The molecule has 1 aromatic rings. The molecule has 2 rings (SSSR count). The summed E-state index contributed by atoms with van der Waals surface area (Å²) in [6.45, 7) is 4.60. The average molecular weight is 219 g/mol. The molecule has 1 aromatic heterocycles. The van der Waals surface area contributed by atoms with Gasteiger partial charge in [-0.1, -0.05) is 0 Å². The van der Waals surface area contributed by atoms with Gasteiger partial charge in [0.05, 0.1) is 24.0 Å². The zero-order chi connectivity index (χ0) is 11.5. The Kier molecular flexibility index (Phi) is 3.19. The Morgan fingerprint density at radius 3 is 2.88 bits per heavy atom. The summed E-state index contributed by atoms with van der Waals surface area (Å²) in [7, 11) is 0. The van der Waals surface area contributed by atoms with Gasteiger partial charge in [0, 0.05) is 5.56 Å². The highest BCUT2D eigenvalue weighted by Crippen LogP contribution is 2.25. The van der Waals surface area contributed by atoms with Crippen molar-refractivity contribution in [3.05, 3.63) is 34.9 Å². The van der Waals surface area contributed by atoms with E-state index >= 15 is 0 Å². The number of aryl methyl sites for hydroxylation is 2. The fourth-order valence-corrected chi connectivity index (χ4v) is 1.83. The zero-order valence-electron chi connectivity index (χ0n) is 9.73. The van der Waals surface area contributed by atoms with Crippen LogP contribution in [0, 0.1) is 13.8 Å². The first-order valence-electron chi connectivity index (χ1n) is 5.57. The molecular formula is C12H17N3O. The molecule has 1 aliphatic rings. The molecule has 4 nitrogen and oxygen atoms in total. The third-order valence-corrected chi connectivity index (χ3v) is 2.74. The second kappa shape index (κ2) is 4.61. The minimum atomic E-state index is -0.213. The van der Waals surface area contributed by atoms with E-state index in [4.69, 9.17) is 10.5 Å². The maximum absolute atomic E-state index is 6.18. The molecule has 0 aromatic carbocycles. The van der Waals surface area contributed by atoms with Gasteiger partial charge in [-0.05, 0) is 38.8 Å². The minimum Gasteiger partial charge on any atom is -0.496 e. The van der Waals surface area contributed by atoms with E-state index in [1.54, 1.807) is 0 Å². The maximum atomic E-state index is 6.18. The molecule has 4 heteroatoms. The predicted octanol–water partition coefficient (Wildman–Crippen LogP) is 1.79. The van der Waals surface area contributed by atoms with E-state index in [0.717, 1.165) is 42.2 Å². The molecule has 0 spiro atoms. The summed E-state index contributed by atoms with van der Waals surface area (Å²) in [4.78, 5) is 0. The minimum absolute atomic E-state index is 0.213. The summed E-state index contributed by atoms with van der Waals surface area (Å²) in [5, 5.41) is 8.08. The summed E-state index contributed by atoms with van der Waals surface area (Å²) >= 11 is 0. The fraction of sp³-hybridized carbons (Fsp3) is 0.500. The second-order valence-corrected chi connectivity index (χ2v) is 4.10. The van der Waals surface area contributed by atoms with E-state index < -0.39 is 0 Å². The largest absolute Gasteiger partial charge is 0.496 e. The van der Waals surface area contributed by atoms with E-state index in [-0.39, 0.29) is 6.04 Å². The van der Waals surface area contributed by atoms with Gasteiger partial charge >= 0.3 is 0 Å². The number of rotatable bonds is 2. The summed E-state index contributed by atoms with van der Waals surface area (Å²) in [6.07, 6.45) is 4.19. The van der Waals surface area contributed by atoms with Crippen molar-refractivity contribution in [1.82, 2.24) is 10.2 Å². The number of aromatic nitrogens is 2. The summed E-state index contributed by atoms with van der Waals surface area (Å²) in [5.41, 5.74) is 8.93. The molecule has 16 heavy (non-hydrogen) atoms. The average Bonchev–Trinajstić information content (AvgIpc) is 2.32. The second-order valence-electron chi connectivity index (χ2n) is 4.10. The van der Waals surface area contributed by atoms with Crippen molar-refractivity contribution in [1.29, 1.82) is 0 Å². The number of hydrogen-bond donors (Lipinski definition) is 1. The van der Waals surface area contributed by atoms with E-state index in [1.807, 2.05) is 19.9 Å². The SMILES string of the molecule is Cc1cc(C(N)C2=CCCCO2)c(C)nn1. The molecule has 2 N–H and O–H groups in total. The van der Waals surface area contributed by atoms with Crippen molar-refractivity contribution in [2.24, 2.45) is 5.73 Å². The van der Waals surface area contributed by atoms with Crippen LogP contribution in [0.1, 0.15) is 35.8 Å². The lowest BCUT2D eigenvalue weighted by Gasteiger charge is -2.21. The topological polar surface area (TPSA) is 61.0 Å². The number of ether oxygens (including phenoxy) is 1. The Labute approximate surface area is 95.5 Å². The molecule has 1 unspecified atom stereocenters. The molecule has 0 fully saturated rings. The molecule has 1 aliphatic heterocycles.